The van der Waals surface area contributed by atoms with E-state index in [4.69, 9.17) is 9.84 Å². The fraction of sp³-hybridized carbons (Fsp3) is 0.848. The van der Waals surface area contributed by atoms with Gasteiger partial charge in [0.2, 0.25) is 0 Å². The van der Waals surface area contributed by atoms with Crippen LogP contribution in [0.4, 0.5) is 4.79 Å². The standard InChI is InChI=1S/C33H55NO3/c1-7-24(22(2)3)10-9-23(4)28-13-14-29-27-12-11-25-21-26(37-31(36)34-19-8-20-35)15-17-32(25,5)30(27)16-18-33(28,29)6/h9-11,22-24,26-30,35H,7-8,12-21H2,1-6H3,(H,34,36)/b10-9+/t23-,24-,26+,27+,28-,29+,30+,32+,33-/m1/s1. The first kappa shape index (κ1) is 28.7. The Kier molecular flexibility index (Phi) is 9.19. The van der Waals surface area contributed by atoms with Crippen LogP contribution in [0.3, 0.4) is 0 Å². The minimum Gasteiger partial charge on any atom is -0.446 e. The van der Waals surface area contributed by atoms with Crippen molar-refractivity contribution in [3.8, 4) is 0 Å². The lowest BCUT2D eigenvalue weighted by atomic mass is 9.47. The number of carbonyl (C=O) groups excluding carboxylic acids is 1. The highest BCUT2D eigenvalue weighted by Crippen LogP contribution is 2.67. The highest BCUT2D eigenvalue weighted by Gasteiger charge is 2.59. The van der Waals surface area contributed by atoms with Gasteiger partial charge in [0.15, 0.2) is 0 Å². The molecule has 4 aliphatic carbocycles. The molecule has 0 aromatic heterocycles. The van der Waals surface area contributed by atoms with Gasteiger partial charge in [0, 0.05) is 19.6 Å². The Labute approximate surface area is 227 Å². The molecule has 4 rings (SSSR count). The largest absolute Gasteiger partial charge is 0.446 e. The third kappa shape index (κ3) is 5.70. The number of hydrogen-bond donors (Lipinski definition) is 2. The minimum atomic E-state index is -0.330. The molecule has 37 heavy (non-hydrogen) atoms. The topological polar surface area (TPSA) is 58.6 Å². The number of aliphatic hydroxyl groups is 1. The molecule has 4 heteroatoms. The zero-order valence-electron chi connectivity index (χ0n) is 24.6. The Morgan fingerprint density at radius 1 is 1.14 bits per heavy atom. The second-order valence-electron chi connectivity index (χ2n) is 13.8. The number of amides is 1. The van der Waals surface area contributed by atoms with Crippen LogP contribution < -0.4 is 5.32 Å². The Morgan fingerprint density at radius 3 is 2.62 bits per heavy atom. The first-order valence-corrected chi connectivity index (χ1v) is 15.6. The summed E-state index contributed by atoms with van der Waals surface area (Å²) in [6.45, 7) is 15.3. The minimum absolute atomic E-state index is 0.0138. The number of carbonyl (C=O) groups is 1. The highest BCUT2D eigenvalue weighted by atomic mass is 16.6. The van der Waals surface area contributed by atoms with Crippen molar-refractivity contribution in [2.75, 3.05) is 13.2 Å². The van der Waals surface area contributed by atoms with Crippen molar-refractivity contribution >= 4 is 6.09 Å². The van der Waals surface area contributed by atoms with Crippen molar-refractivity contribution in [1.82, 2.24) is 5.32 Å². The Hall–Kier alpha value is -1.29. The molecule has 0 bridgehead atoms. The summed E-state index contributed by atoms with van der Waals surface area (Å²) in [5.41, 5.74) is 2.30. The second kappa shape index (κ2) is 11.8. The lowest BCUT2D eigenvalue weighted by Gasteiger charge is -2.58. The van der Waals surface area contributed by atoms with Crippen molar-refractivity contribution in [3.05, 3.63) is 23.8 Å². The normalized spacial score (nSPS) is 38.9. The molecule has 0 spiro atoms. The van der Waals surface area contributed by atoms with Crippen molar-refractivity contribution in [2.45, 2.75) is 112 Å². The van der Waals surface area contributed by atoms with Crippen molar-refractivity contribution < 1.29 is 14.6 Å². The maximum Gasteiger partial charge on any atom is 0.407 e. The molecule has 0 unspecified atom stereocenters. The summed E-state index contributed by atoms with van der Waals surface area (Å²) in [6.07, 6.45) is 18.9. The van der Waals surface area contributed by atoms with Crippen LogP contribution in [0.25, 0.3) is 0 Å². The number of alkyl carbamates (subject to hydrolysis) is 1. The van der Waals surface area contributed by atoms with Gasteiger partial charge in [-0.15, -0.1) is 0 Å². The molecule has 2 N–H and O–H groups in total. The number of rotatable bonds is 9. The molecule has 1 amide bonds. The van der Waals surface area contributed by atoms with Crippen molar-refractivity contribution in [2.24, 2.45) is 52.3 Å². The Morgan fingerprint density at radius 2 is 1.92 bits per heavy atom. The quantitative estimate of drug-likeness (QED) is 0.243. The highest BCUT2D eigenvalue weighted by molar-refractivity contribution is 5.67. The summed E-state index contributed by atoms with van der Waals surface area (Å²) >= 11 is 0. The summed E-state index contributed by atoms with van der Waals surface area (Å²) in [4.78, 5) is 12.2. The van der Waals surface area contributed by atoms with Crippen molar-refractivity contribution in [3.63, 3.8) is 0 Å². The summed E-state index contributed by atoms with van der Waals surface area (Å²) in [7, 11) is 0. The van der Waals surface area contributed by atoms with E-state index in [-0.39, 0.29) is 24.2 Å². The van der Waals surface area contributed by atoms with E-state index in [0.29, 0.717) is 30.2 Å². The predicted octanol–water partition coefficient (Wildman–Crippen LogP) is 7.92. The maximum atomic E-state index is 12.2. The summed E-state index contributed by atoms with van der Waals surface area (Å²) in [5.74, 6) is 5.34. The summed E-state index contributed by atoms with van der Waals surface area (Å²) < 4.78 is 5.78. The molecule has 0 aromatic rings. The van der Waals surface area contributed by atoms with E-state index >= 15 is 0 Å². The van der Waals surface area contributed by atoms with Gasteiger partial charge in [-0.25, -0.2) is 4.79 Å². The van der Waals surface area contributed by atoms with Crippen LogP contribution in [-0.2, 0) is 4.74 Å². The van der Waals surface area contributed by atoms with E-state index in [1.54, 1.807) is 5.57 Å². The molecule has 210 valence electrons. The van der Waals surface area contributed by atoms with Crippen LogP contribution in [0.1, 0.15) is 106 Å². The fourth-order valence-corrected chi connectivity index (χ4v) is 9.38. The number of hydrogen-bond acceptors (Lipinski definition) is 3. The van der Waals surface area contributed by atoms with Gasteiger partial charge in [-0.05, 0) is 110 Å². The second-order valence-corrected chi connectivity index (χ2v) is 13.8. The van der Waals surface area contributed by atoms with E-state index in [1.807, 2.05) is 0 Å². The van der Waals surface area contributed by atoms with Crippen LogP contribution in [0.5, 0.6) is 0 Å². The molecule has 0 aliphatic heterocycles. The van der Waals surface area contributed by atoms with E-state index < -0.39 is 0 Å². The van der Waals surface area contributed by atoms with Crippen LogP contribution in [0.2, 0.25) is 0 Å². The average Bonchev–Trinajstić information content (AvgIpc) is 3.22. The average molecular weight is 514 g/mol. The lowest BCUT2D eigenvalue weighted by molar-refractivity contribution is -0.0550. The molecule has 4 aliphatic rings. The SMILES string of the molecule is CC[C@H](/C=C/[C@@H](C)[C@H]1CC[C@H]2[C@@H]3CC=C4C[C@@H](OC(=O)NCCCO)CC[C@]4(C)[C@H]3CC[C@]12C)C(C)C. The number of fused-ring (bicyclic) bond motifs is 5. The van der Waals surface area contributed by atoms with Crippen molar-refractivity contribution in [1.29, 1.82) is 0 Å². The number of ether oxygens (including phenoxy) is 1. The zero-order valence-corrected chi connectivity index (χ0v) is 24.6. The van der Waals surface area contributed by atoms with Gasteiger partial charge >= 0.3 is 6.09 Å². The van der Waals surface area contributed by atoms with Crippen LogP contribution >= 0.6 is 0 Å². The Balaban J connectivity index is 1.42. The number of allylic oxidation sites excluding steroid dienone is 3. The van der Waals surface area contributed by atoms with Crippen LogP contribution in [-0.4, -0.2) is 30.5 Å². The van der Waals surface area contributed by atoms with Gasteiger partial charge in [-0.2, -0.15) is 0 Å². The molecule has 0 heterocycles. The number of nitrogens with one attached hydrogen (secondary N) is 1. The first-order chi connectivity index (χ1) is 17.6. The predicted molar refractivity (Wildman–Crippen MR) is 152 cm³/mol. The fourth-order valence-electron chi connectivity index (χ4n) is 9.38. The van der Waals surface area contributed by atoms with Gasteiger partial charge in [-0.1, -0.05) is 65.3 Å². The molecule has 0 aromatic carbocycles. The van der Waals surface area contributed by atoms with Gasteiger partial charge in [0.25, 0.3) is 0 Å². The molecule has 0 radical (unpaired) electrons. The van der Waals surface area contributed by atoms with E-state index in [1.165, 1.54) is 38.5 Å². The molecule has 9 atom stereocenters. The molecular weight excluding hydrogens is 458 g/mol. The summed E-state index contributed by atoms with van der Waals surface area (Å²) in [5, 5.41) is 11.7. The van der Waals surface area contributed by atoms with Gasteiger partial charge in [0.05, 0.1) is 0 Å². The molecule has 3 fully saturated rings. The zero-order chi connectivity index (χ0) is 26.8. The molecular formula is C33H55NO3. The number of aliphatic hydroxyl groups excluding tert-OH is 1. The van der Waals surface area contributed by atoms with Gasteiger partial charge in [-0.3, -0.25) is 0 Å². The van der Waals surface area contributed by atoms with Crippen LogP contribution in [0, 0.1) is 52.3 Å². The maximum absolute atomic E-state index is 12.2. The summed E-state index contributed by atoms with van der Waals surface area (Å²) in [6, 6.07) is 0. The van der Waals surface area contributed by atoms with Crippen LogP contribution in [0.15, 0.2) is 23.8 Å². The van der Waals surface area contributed by atoms with E-state index in [9.17, 15) is 4.79 Å². The monoisotopic (exact) mass is 513 g/mol. The molecule has 3 saturated carbocycles. The Bertz CT molecular complexity index is 849. The van der Waals surface area contributed by atoms with E-state index in [0.717, 1.165) is 48.9 Å². The van der Waals surface area contributed by atoms with E-state index in [2.05, 4.69) is 65.1 Å². The molecule has 4 nitrogen and oxygen atoms in total. The van der Waals surface area contributed by atoms with Gasteiger partial charge < -0.3 is 15.2 Å². The lowest BCUT2D eigenvalue weighted by Crippen LogP contribution is -2.51. The first-order valence-electron chi connectivity index (χ1n) is 15.6. The smallest absolute Gasteiger partial charge is 0.407 e. The molecule has 0 saturated heterocycles. The van der Waals surface area contributed by atoms with Gasteiger partial charge in [0.1, 0.15) is 6.10 Å². The third-order valence-corrected chi connectivity index (χ3v) is 11.6. The third-order valence-electron chi connectivity index (χ3n) is 11.6.